The third kappa shape index (κ3) is 8.70. The lowest BCUT2D eigenvalue weighted by molar-refractivity contribution is -0.140. The fourth-order valence-corrected chi connectivity index (χ4v) is 7.89. The first-order valence-electron chi connectivity index (χ1n) is 16.1. The molecule has 0 aliphatic heterocycles. The number of nitrogens with zero attached hydrogens (tertiary/aromatic N) is 2. The molecule has 2 amide bonds. The van der Waals surface area contributed by atoms with Crippen LogP contribution < -0.4 is 9.62 Å². The number of anilines is 1. The molecule has 47 heavy (non-hydrogen) atoms. The molecular formula is C38H42BrN3O4S. The topological polar surface area (TPSA) is 86.8 Å². The van der Waals surface area contributed by atoms with Crippen LogP contribution in [0.4, 0.5) is 5.69 Å². The van der Waals surface area contributed by atoms with Crippen molar-refractivity contribution in [3.63, 3.8) is 0 Å². The average molecular weight is 717 g/mol. The lowest BCUT2D eigenvalue weighted by Crippen LogP contribution is -2.54. The quantitative estimate of drug-likeness (QED) is 0.167. The van der Waals surface area contributed by atoms with Crippen molar-refractivity contribution in [2.75, 3.05) is 10.8 Å². The number of aryl methyl sites for hydroxylation is 3. The maximum Gasteiger partial charge on any atom is 0.264 e. The Hall–Kier alpha value is -3.95. The van der Waals surface area contributed by atoms with Gasteiger partial charge in [-0.15, -0.1) is 0 Å². The summed E-state index contributed by atoms with van der Waals surface area (Å²) in [6.07, 6.45) is 4.20. The highest BCUT2D eigenvalue weighted by molar-refractivity contribution is 9.10. The molecule has 1 saturated carbocycles. The fraction of sp³-hybridized carbons (Fsp3) is 0.316. The van der Waals surface area contributed by atoms with E-state index in [0.717, 1.165) is 58.0 Å². The molecule has 7 nitrogen and oxygen atoms in total. The first-order valence-corrected chi connectivity index (χ1v) is 18.3. The molecule has 9 heteroatoms. The van der Waals surface area contributed by atoms with Crippen molar-refractivity contribution in [3.8, 4) is 0 Å². The van der Waals surface area contributed by atoms with E-state index in [2.05, 4.69) is 21.2 Å². The number of carbonyl (C=O) groups is 2. The van der Waals surface area contributed by atoms with Gasteiger partial charge in [-0.3, -0.25) is 13.9 Å². The van der Waals surface area contributed by atoms with Gasteiger partial charge in [-0.1, -0.05) is 107 Å². The molecule has 1 atom stereocenters. The molecule has 4 aromatic carbocycles. The summed E-state index contributed by atoms with van der Waals surface area (Å²) in [5, 5.41) is 3.22. The molecule has 0 unspecified atom stereocenters. The van der Waals surface area contributed by atoms with E-state index in [0.29, 0.717) is 5.69 Å². The average Bonchev–Trinajstić information content (AvgIpc) is 3.56. The van der Waals surface area contributed by atoms with E-state index in [1.165, 1.54) is 4.31 Å². The molecule has 4 aromatic rings. The van der Waals surface area contributed by atoms with E-state index < -0.39 is 28.5 Å². The van der Waals surface area contributed by atoms with Crippen LogP contribution in [0.2, 0.25) is 0 Å². The SMILES string of the molecule is Cc1ccc(S(=O)(=O)N(CC(=O)N(Cc2ccc(Br)cc2)[C@@H](Cc2ccccc2)C(=O)NC2CCCC2)c2ccc(C)cc2C)cc1. The van der Waals surface area contributed by atoms with Gasteiger partial charge in [0.05, 0.1) is 10.6 Å². The smallest absolute Gasteiger partial charge is 0.264 e. The summed E-state index contributed by atoms with van der Waals surface area (Å²) in [5.41, 5.74) is 4.79. The van der Waals surface area contributed by atoms with Crippen molar-refractivity contribution < 1.29 is 18.0 Å². The molecule has 1 aliphatic rings. The summed E-state index contributed by atoms with van der Waals surface area (Å²) in [7, 11) is -4.16. The molecule has 0 bridgehead atoms. The van der Waals surface area contributed by atoms with Crippen LogP contribution in [0.5, 0.6) is 0 Å². The number of hydrogen-bond donors (Lipinski definition) is 1. The first-order chi connectivity index (χ1) is 22.5. The zero-order valence-corrected chi connectivity index (χ0v) is 29.6. The minimum atomic E-state index is -4.16. The monoisotopic (exact) mass is 715 g/mol. The Labute approximate surface area is 287 Å². The maximum absolute atomic E-state index is 14.7. The fourth-order valence-electron chi connectivity index (χ4n) is 6.14. The Morgan fingerprint density at radius 1 is 0.830 bits per heavy atom. The lowest BCUT2D eigenvalue weighted by Gasteiger charge is -2.34. The van der Waals surface area contributed by atoms with Gasteiger partial charge in [-0.2, -0.15) is 0 Å². The second kappa shape index (κ2) is 15.3. The van der Waals surface area contributed by atoms with Crippen LogP contribution in [0.3, 0.4) is 0 Å². The minimum Gasteiger partial charge on any atom is -0.352 e. The van der Waals surface area contributed by atoms with Crippen LogP contribution in [-0.4, -0.2) is 43.8 Å². The van der Waals surface area contributed by atoms with E-state index >= 15 is 0 Å². The Morgan fingerprint density at radius 2 is 1.47 bits per heavy atom. The van der Waals surface area contributed by atoms with Gasteiger partial charge in [0.25, 0.3) is 10.0 Å². The summed E-state index contributed by atoms with van der Waals surface area (Å²) in [4.78, 5) is 30.5. The predicted molar refractivity (Wildman–Crippen MR) is 191 cm³/mol. The normalized spacial score (nSPS) is 14.0. The largest absolute Gasteiger partial charge is 0.352 e. The summed E-state index contributed by atoms with van der Waals surface area (Å²) >= 11 is 3.49. The third-order valence-electron chi connectivity index (χ3n) is 8.75. The minimum absolute atomic E-state index is 0.0547. The number of hydrogen-bond acceptors (Lipinski definition) is 4. The van der Waals surface area contributed by atoms with Gasteiger partial charge in [-0.25, -0.2) is 8.42 Å². The summed E-state index contributed by atoms with van der Waals surface area (Å²) in [6.45, 7) is 5.34. The highest BCUT2D eigenvalue weighted by Gasteiger charge is 2.36. The summed E-state index contributed by atoms with van der Waals surface area (Å²) in [5.74, 6) is -0.697. The molecule has 0 radical (unpaired) electrons. The third-order valence-corrected chi connectivity index (χ3v) is 11.1. The second-order valence-corrected chi connectivity index (χ2v) is 15.2. The van der Waals surface area contributed by atoms with Gasteiger partial charge in [0.1, 0.15) is 12.6 Å². The van der Waals surface area contributed by atoms with Gasteiger partial charge in [0.2, 0.25) is 11.8 Å². The first kappa shape index (κ1) is 34.4. The van der Waals surface area contributed by atoms with Crippen LogP contribution in [0.1, 0.15) is 53.5 Å². The molecule has 1 N–H and O–H groups in total. The molecule has 1 aliphatic carbocycles. The maximum atomic E-state index is 14.7. The van der Waals surface area contributed by atoms with Gasteiger partial charge in [0, 0.05) is 23.5 Å². The molecule has 0 saturated heterocycles. The number of rotatable bonds is 12. The molecule has 5 rings (SSSR count). The lowest BCUT2D eigenvalue weighted by atomic mass is 10.0. The number of amides is 2. The van der Waals surface area contributed by atoms with Crippen molar-refractivity contribution in [3.05, 3.63) is 129 Å². The molecule has 0 spiro atoms. The Morgan fingerprint density at radius 3 is 2.11 bits per heavy atom. The number of sulfonamides is 1. The van der Waals surface area contributed by atoms with E-state index in [1.807, 2.05) is 87.5 Å². The van der Waals surface area contributed by atoms with Gasteiger partial charge in [-0.05, 0) is 80.6 Å². The van der Waals surface area contributed by atoms with Gasteiger partial charge < -0.3 is 10.2 Å². The number of carbonyl (C=O) groups excluding carboxylic acids is 2. The van der Waals surface area contributed by atoms with E-state index in [-0.39, 0.29) is 29.8 Å². The highest BCUT2D eigenvalue weighted by atomic mass is 79.9. The van der Waals surface area contributed by atoms with Crippen molar-refractivity contribution in [2.24, 2.45) is 0 Å². The zero-order valence-electron chi connectivity index (χ0n) is 27.2. The summed E-state index contributed by atoms with van der Waals surface area (Å²) < 4.78 is 30.7. The Balaban J connectivity index is 1.58. The second-order valence-electron chi connectivity index (χ2n) is 12.5. The zero-order chi connectivity index (χ0) is 33.6. The van der Waals surface area contributed by atoms with Crippen molar-refractivity contribution >= 4 is 43.5 Å². The van der Waals surface area contributed by atoms with Crippen molar-refractivity contribution in [2.45, 2.75) is 76.4 Å². The molecule has 1 fully saturated rings. The Bertz CT molecular complexity index is 1790. The Kier molecular flexibility index (Phi) is 11.2. The van der Waals surface area contributed by atoms with Crippen molar-refractivity contribution in [1.29, 1.82) is 0 Å². The van der Waals surface area contributed by atoms with Crippen molar-refractivity contribution in [1.82, 2.24) is 10.2 Å². The van der Waals surface area contributed by atoms with E-state index in [1.54, 1.807) is 35.2 Å². The summed E-state index contributed by atoms with van der Waals surface area (Å²) in [6, 6.07) is 28.6. The molecule has 0 heterocycles. The van der Waals surface area contributed by atoms with Crippen LogP contribution in [-0.2, 0) is 32.6 Å². The highest BCUT2D eigenvalue weighted by Crippen LogP contribution is 2.29. The standard InChI is InChI=1S/C38H42BrN3O4S/c1-27-13-20-34(21-14-27)47(45,46)42(35-22-15-28(2)23-29(35)3)26-37(43)41(25-31-16-18-32(39)19-17-31)36(24-30-9-5-4-6-10-30)38(44)40-33-11-7-8-12-33/h4-6,9-10,13-23,33,36H,7-8,11-12,24-26H2,1-3H3,(H,40,44)/t36-/m0/s1. The number of nitrogens with one attached hydrogen (secondary N) is 1. The van der Waals surface area contributed by atoms with Crippen LogP contribution in [0.15, 0.2) is 106 Å². The predicted octanol–water partition coefficient (Wildman–Crippen LogP) is 7.27. The van der Waals surface area contributed by atoms with E-state index in [9.17, 15) is 18.0 Å². The number of halogens is 1. The van der Waals surface area contributed by atoms with E-state index in [4.69, 9.17) is 0 Å². The van der Waals surface area contributed by atoms with Crippen LogP contribution in [0.25, 0.3) is 0 Å². The van der Waals surface area contributed by atoms with Crippen LogP contribution >= 0.6 is 15.9 Å². The molecule has 246 valence electrons. The number of benzene rings is 4. The molecular weight excluding hydrogens is 674 g/mol. The van der Waals surface area contributed by atoms with Gasteiger partial charge >= 0.3 is 0 Å². The molecule has 0 aromatic heterocycles. The van der Waals surface area contributed by atoms with Crippen LogP contribution in [0, 0.1) is 20.8 Å². The van der Waals surface area contributed by atoms with Gasteiger partial charge in [0.15, 0.2) is 0 Å².